The van der Waals surface area contributed by atoms with Crippen molar-refractivity contribution in [3.8, 4) is 0 Å². The van der Waals surface area contributed by atoms with Gasteiger partial charge in [-0.3, -0.25) is 14.5 Å². The fraction of sp³-hybridized carbons (Fsp3) is 0.400. The lowest BCUT2D eigenvalue weighted by Crippen LogP contribution is -2.46. The van der Waals surface area contributed by atoms with Crippen LogP contribution in [0.2, 0.25) is 0 Å². The van der Waals surface area contributed by atoms with E-state index in [1.54, 1.807) is 6.20 Å². The van der Waals surface area contributed by atoms with E-state index in [-0.39, 0.29) is 11.5 Å². The van der Waals surface area contributed by atoms with Crippen LogP contribution in [0.3, 0.4) is 0 Å². The van der Waals surface area contributed by atoms with Crippen molar-refractivity contribution in [3.63, 3.8) is 0 Å². The summed E-state index contributed by atoms with van der Waals surface area (Å²) in [6.07, 6.45) is 3.48. The summed E-state index contributed by atoms with van der Waals surface area (Å²) in [4.78, 5) is 36.7. The number of nitrogens with one attached hydrogen (secondary N) is 3. The molecule has 0 bridgehead atoms. The molecule has 172 valence electrons. The predicted octanol–water partition coefficient (Wildman–Crippen LogP) is 2.35. The number of anilines is 2. The molecule has 33 heavy (non-hydrogen) atoms. The Morgan fingerprint density at radius 1 is 1.15 bits per heavy atom. The van der Waals surface area contributed by atoms with Crippen LogP contribution in [0.4, 0.5) is 11.5 Å². The third-order valence-electron chi connectivity index (χ3n) is 6.53. The number of carbonyl (C=O) groups excluding carboxylic acids is 1. The summed E-state index contributed by atoms with van der Waals surface area (Å²) < 4.78 is 0. The number of pyridine rings is 2. The maximum absolute atomic E-state index is 12.5. The predicted molar refractivity (Wildman–Crippen MR) is 131 cm³/mol. The number of benzene rings is 1. The standard InChI is InChI=1S/C25H30N6O2/c1-2-26-24(32)18-6-8-22(28-15-18)31-12-10-30(11-13-31)16-17-5-7-19-21(14-17)29-25(33)20-4-3-9-27-23(19)20/h5-8,14-15,27H,2-4,9-13,16H2,1H3,(H,26,32)(H,29,33). The molecular weight excluding hydrogens is 416 g/mol. The molecule has 2 aliphatic heterocycles. The Labute approximate surface area is 193 Å². The van der Waals surface area contributed by atoms with E-state index in [9.17, 15) is 9.59 Å². The van der Waals surface area contributed by atoms with E-state index in [0.29, 0.717) is 12.1 Å². The molecule has 8 nitrogen and oxygen atoms in total. The molecule has 8 heteroatoms. The molecule has 1 amide bonds. The number of aromatic nitrogens is 2. The van der Waals surface area contributed by atoms with Gasteiger partial charge in [-0.05, 0) is 43.5 Å². The first-order valence-electron chi connectivity index (χ1n) is 11.8. The molecule has 1 aromatic carbocycles. The Bertz CT molecular complexity index is 1210. The van der Waals surface area contributed by atoms with Crippen LogP contribution in [0.15, 0.2) is 41.3 Å². The van der Waals surface area contributed by atoms with Crippen molar-refractivity contribution in [2.75, 3.05) is 49.5 Å². The lowest BCUT2D eigenvalue weighted by atomic mass is 10.0. The second-order valence-corrected chi connectivity index (χ2v) is 8.75. The first kappa shape index (κ1) is 21.5. The zero-order valence-electron chi connectivity index (χ0n) is 19.0. The topological polar surface area (TPSA) is 93.4 Å². The summed E-state index contributed by atoms with van der Waals surface area (Å²) >= 11 is 0. The van der Waals surface area contributed by atoms with E-state index >= 15 is 0 Å². The van der Waals surface area contributed by atoms with Crippen molar-refractivity contribution in [1.82, 2.24) is 20.2 Å². The van der Waals surface area contributed by atoms with Crippen LogP contribution in [0.5, 0.6) is 0 Å². The van der Waals surface area contributed by atoms with Crippen molar-refractivity contribution < 1.29 is 4.79 Å². The summed E-state index contributed by atoms with van der Waals surface area (Å²) in [5.74, 6) is 0.817. The molecule has 0 radical (unpaired) electrons. The van der Waals surface area contributed by atoms with E-state index in [4.69, 9.17) is 0 Å². The highest BCUT2D eigenvalue weighted by Crippen LogP contribution is 2.28. The van der Waals surface area contributed by atoms with Gasteiger partial charge in [-0.1, -0.05) is 12.1 Å². The number of H-pyrrole nitrogens is 1. The molecule has 0 atom stereocenters. The number of rotatable bonds is 5. The minimum absolute atomic E-state index is 0.0289. The van der Waals surface area contributed by atoms with Crippen molar-refractivity contribution in [2.24, 2.45) is 0 Å². The van der Waals surface area contributed by atoms with Crippen LogP contribution in [-0.4, -0.2) is 60.0 Å². The first-order chi connectivity index (χ1) is 16.1. The molecule has 1 fully saturated rings. The fourth-order valence-corrected chi connectivity index (χ4v) is 4.77. The first-order valence-corrected chi connectivity index (χ1v) is 11.8. The average Bonchev–Trinajstić information content (AvgIpc) is 2.85. The molecule has 4 heterocycles. The molecule has 0 aliphatic carbocycles. The van der Waals surface area contributed by atoms with Gasteiger partial charge in [0.05, 0.1) is 16.8 Å². The Morgan fingerprint density at radius 2 is 2.00 bits per heavy atom. The molecular formula is C25H30N6O2. The molecule has 3 N–H and O–H groups in total. The molecule has 0 saturated carbocycles. The quantitative estimate of drug-likeness (QED) is 0.557. The van der Waals surface area contributed by atoms with Crippen molar-refractivity contribution in [3.05, 3.63) is 63.6 Å². The van der Waals surface area contributed by atoms with Gasteiger partial charge in [0.1, 0.15) is 5.82 Å². The van der Waals surface area contributed by atoms with Gasteiger partial charge in [-0.2, -0.15) is 0 Å². The second kappa shape index (κ2) is 9.23. The number of carbonyl (C=O) groups is 1. The number of fused-ring (bicyclic) bond motifs is 3. The zero-order chi connectivity index (χ0) is 22.8. The Morgan fingerprint density at radius 3 is 2.76 bits per heavy atom. The molecule has 1 saturated heterocycles. The van der Waals surface area contributed by atoms with Crippen LogP contribution in [0.1, 0.15) is 34.8 Å². The normalized spacial score (nSPS) is 16.3. The number of aromatic amines is 1. The molecule has 0 spiro atoms. The van der Waals surface area contributed by atoms with Gasteiger partial charge < -0.3 is 20.5 Å². The van der Waals surface area contributed by atoms with Crippen LogP contribution in [0.25, 0.3) is 10.9 Å². The maximum atomic E-state index is 12.5. The summed E-state index contributed by atoms with van der Waals surface area (Å²) in [7, 11) is 0. The van der Waals surface area contributed by atoms with Crippen molar-refractivity contribution in [1.29, 1.82) is 0 Å². The van der Waals surface area contributed by atoms with Crippen LogP contribution in [0, 0.1) is 0 Å². The van der Waals surface area contributed by atoms with Gasteiger partial charge in [0, 0.05) is 63.0 Å². The maximum Gasteiger partial charge on any atom is 0.253 e. The zero-order valence-corrected chi connectivity index (χ0v) is 19.0. The van der Waals surface area contributed by atoms with E-state index in [1.807, 2.05) is 19.1 Å². The fourth-order valence-electron chi connectivity index (χ4n) is 4.77. The number of piperazine rings is 1. The molecule has 2 aromatic heterocycles. The molecule has 5 rings (SSSR count). The average molecular weight is 447 g/mol. The van der Waals surface area contributed by atoms with Gasteiger partial charge in [0.15, 0.2) is 0 Å². The van der Waals surface area contributed by atoms with Gasteiger partial charge in [0.2, 0.25) is 0 Å². The van der Waals surface area contributed by atoms with Gasteiger partial charge in [-0.15, -0.1) is 0 Å². The lowest BCUT2D eigenvalue weighted by Gasteiger charge is -2.35. The SMILES string of the molecule is CCNC(=O)c1ccc(N2CCN(Cc3ccc4c5c(c(=O)[nH]c4c3)CCCN5)CC2)nc1. The summed E-state index contributed by atoms with van der Waals surface area (Å²) in [6.45, 7) is 7.90. The summed E-state index contributed by atoms with van der Waals surface area (Å²) in [6, 6.07) is 10.2. The molecule has 0 unspecified atom stereocenters. The Hall–Kier alpha value is -3.39. The summed E-state index contributed by atoms with van der Waals surface area (Å²) in [5, 5.41) is 7.31. The van der Waals surface area contributed by atoms with Crippen LogP contribution < -0.4 is 21.1 Å². The minimum Gasteiger partial charge on any atom is -0.384 e. The summed E-state index contributed by atoms with van der Waals surface area (Å²) in [5.41, 5.74) is 4.61. The highest BCUT2D eigenvalue weighted by atomic mass is 16.1. The number of hydrogen-bond acceptors (Lipinski definition) is 6. The highest BCUT2D eigenvalue weighted by Gasteiger charge is 2.20. The number of amides is 1. The highest BCUT2D eigenvalue weighted by molar-refractivity contribution is 5.94. The van der Waals surface area contributed by atoms with Crippen molar-refractivity contribution >= 4 is 28.3 Å². The van der Waals surface area contributed by atoms with E-state index in [0.717, 1.165) is 80.1 Å². The number of nitrogens with zero attached hydrogens (tertiary/aromatic N) is 3. The smallest absolute Gasteiger partial charge is 0.253 e. The van der Waals surface area contributed by atoms with E-state index in [2.05, 4.69) is 48.6 Å². The third-order valence-corrected chi connectivity index (χ3v) is 6.53. The largest absolute Gasteiger partial charge is 0.384 e. The van der Waals surface area contributed by atoms with Gasteiger partial charge in [0.25, 0.3) is 11.5 Å². The lowest BCUT2D eigenvalue weighted by molar-refractivity contribution is 0.0955. The van der Waals surface area contributed by atoms with Gasteiger partial charge >= 0.3 is 0 Å². The number of hydrogen-bond donors (Lipinski definition) is 3. The van der Waals surface area contributed by atoms with Crippen molar-refractivity contribution in [2.45, 2.75) is 26.3 Å². The van der Waals surface area contributed by atoms with Crippen LogP contribution in [-0.2, 0) is 13.0 Å². The van der Waals surface area contributed by atoms with E-state index in [1.165, 1.54) is 5.56 Å². The van der Waals surface area contributed by atoms with Crippen LogP contribution >= 0.6 is 0 Å². The second-order valence-electron chi connectivity index (χ2n) is 8.75. The minimum atomic E-state index is -0.0885. The monoisotopic (exact) mass is 446 g/mol. The Kier molecular flexibility index (Phi) is 6.00. The molecule has 2 aliphatic rings. The third kappa shape index (κ3) is 4.43. The van der Waals surface area contributed by atoms with Gasteiger partial charge in [-0.25, -0.2) is 4.98 Å². The van der Waals surface area contributed by atoms with E-state index < -0.39 is 0 Å². The molecule has 3 aromatic rings. The Balaban J connectivity index is 1.23.